The Kier molecular flexibility index (Phi) is 5.97. The van der Waals surface area contributed by atoms with Crippen molar-refractivity contribution in [2.24, 2.45) is 5.92 Å². The molecule has 1 atom stereocenters. The van der Waals surface area contributed by atoms with Crippen LogP contribution in [0.3, 0.4) is 0 Å². The van der Waals surface area contributed by atoms with E-state index in [0.717, 1.165) is 13.0 Å². The van der Waals surface area contributed by atoms with Gasteiger partial charge in [-0.2, -0.15) is 0 Å². The third kappa shape index (κ3) is 4.13. The van der Waals surface area contributed by atoms with E-state index in [1.165, 1.54) is 71.2 Å². The molecule has 3 heteroatoms. The highest BCUT2D eigenvalue weighted by Gasteiger charge is 2.24. The van der Waals surface area contributed by atoms with Crippen molar-refractivity contribution >= 4 is 45.7 Å². The average Bonchev–Trinajstić information content (AvgIpc) is 3.20. The van der Waals surface area contributed by atoms with Crippen molar-refractivity contribution in [2.75, 3.05) is 4.90 Å². The number of fused-ring (bicyclic) bond motifs is 5. The van der Waals surface area contributed by atoms with Crippen molar-refractivity contribution in [3.63, 3.8) is 0 Å². The lowest BCUT2D eigenvalue weighted by Crippen LogP contribution is -2.16. The number of hydrogen-bond donors (Lipinski definition) is 1. The first-order valence-electron chi connectivity index (χ1n) is 13.8. The van der Waals surface area contributed by atoms with E-state index in [4.69, 9.17) is 0 Å². The molecule has 2 aliphatic rings. The van der Waals surface area contributed by atoms with Crippen molar-refractivity contribution in [3.8, 4) is 0 Å². The van der Waals surface area contributed by atoms with Gasteiger partial charge in [0.25, 0.3) is 0 Å². The molecular weight excluding hydrogens is 492 g/mol. The minimum atomic E-state index is 0.593. The van der Waals surface area contributed by atoms with Crippen LogP contribution in [-0.4, -0.2) is 4.98 Å². The lowest BCUT2D eigenvalue weighted by molar-refractivity contribution is 0.718. The molecule has 2 nitrogen and oxygen atoms in total. The Morgan fingerprint density at radius 3 is 2.59 bits per heavy atom. The fourth-order valence-electron chi connectivity index (χ4n) is 6.22. The number of benzene rings is 4. The van der Waals surface area contributed by atoms with Crippen LogP contribution < -0.4 is 4.90 Å². The van der Waals surface area contributed by atoms with Crippen LogP contribution in [0.2, 0.25) is 0 Å². The lowest BCUT2D eigenvalue weighted by Gasteiger charge is -2.26. The smallest absolute Gasteiger partial charge is 0.0561 e. The van der Waals surface area contributed by atoms with Gasteiger partial charge in [-0.3, -0.25) is 0 Å². The SMILES string of the molecule is C/C=C(/c1ccc2c(c1)N(c1ccccc1)Cc1ccccc1S2)c1[nH]c2ccc3c(c2c1C)C=CC(C)C3. The first-order chi connectivity index (χ1) is 19.1. The van der Waals surface area contributed by atoms with E-state index in [1.807, 2.05) is 11.8 Å². The molecule has 0 bridgehead atoms. The number of H-pyrrole nitrogens is 1. The van der Waals surface area contributed by atoms with Gasteiger partial charge in [0.1, 0.15) is 0 Å². The maximum Gasteiger partial charge on any atom is 0.0561 e. The molecule has 7 rings (SSSR count). The first-order valence-corrected chi connectivity index (χ1v) is 14.6. The van der Waals surface area contributed by atoms with Crippen LogP contribution in [0.1, 0.15) is 47.4 Å². The number of nitrogens with zero attached hydrogens (tertiary/aromatic N) is 1. The predicted molar refractivity (Wildman–Crippen MR) is 167 cm³/mol. The van der Waals surface area contributed by atoms with Gasteiger partial charge in [-0.1, -0.05) is 85.4 Å². The Morgan fingerprint density at radius 1 is 0.923 bits per heavy atom. The van der Waals surface area contributed by atoms with E-state index in [2.05, 4.69) is 134 Å². The highest BCUT2D eigenvalue weighted by molar-refractivity contribution is 7.99. The van der Waals surface area contributed by atoms with Crippen molar-refractivity contribution in [2.45, 2.75) is 43.5 Å². The second-order valence-corrected chi connectivity index (χ2v) is 11.8. The van der Waals surface area contributed by atoms with Gasteiger partial charge in [-0.25, -0.2) is 0 Å². The van der Waals surface area contributed by atoms with Crippen molar-refractivity contribution in [3.05, 3.63) is 131 Å². The molecule has 1 N–H and O–H groups in total. The zero-order valence-corrected chi connectivity index (χ0v) is 23.5. The largest absolute Gasteiger partial charge is 0.354 e. The number of anilines is 2. The van der Waals surface area contributed by atoms with Crippen LogP contribution in [0.5, 0.6) is 0 Å². The summed E-state index contributed by atoms with van der Waals surface area (Å²) in [6.45, 7) is 7.57. The van der Waals surface area contributed by atoms with Gasteiger partial charge in [-0.15, -0.1) is 0 Å². The molecular formula is C36H32N2S. The molecule has 4 aromatic carbocycles. The molecule has 0 radical (unpaired) electrons. The molecule has 2 heterocycles. The van der Waals surface area contributed by atoms with Crippen LogP contribution in [0.4, 0.5) is 11.4 Å². The number of nitrogens with one attached hydrogen (secondary N) is 1. The Bertz CT molecular complexity index is 1770. The van der Waals surface area contributed by atoms with Crippen LogP contribution >= 0.6 is 11.8 Å². The molecule has 39 heavy (non-hydrogen) atoms. The number of rotatable bonds is 3. The first kappa shape index (κ1) is 24.1. The van der Waals surface area contributed by atoms with E-state index in [9.17, 15) is 0 Å². The van der Waals surface area contributed by atoms with Gasteiger partial charge in [0, 0.05) is 44.2 Å². The molecule has 5 aromatic rings. The number of para-hydroxylation sites is 1. The van der Waals surface area contributed by atoms with Gasteiger partial charge in [0.2, 0.25) is 0 Å². The Labute approximate surface area is 235 Å². The summed E-state index contributed by atoms with van der Waals surface area (Å²) in [5.74, 6) is 0.593. The van der Waals surface area contributed by atoms with E-state index in [0.29, 0.717) is 5.92 Å². The highest BCUT2D eigenvalue weighted by Crippen LogP contribution is 2.46. The van der Waals surface area contributed by atoms with E-state index < -0.39 is 0 Å². The third-order valence-electron chi connectivity index (χ3n) is 8.19. The molecule has 192 valence electrons. The van der Waals surface area contributed by atoms with Crippen LogP contribution in [0.25, 0.3) is 22.6 Å². The van der Waals surface area contributed by atoms with Gasteiger partial charge < -0.3 is 9.88 Å². The van der Waals surface area contributed by atoms with E-state index >= 15 is 0 Å². The molecule has 0 fully saturated rings. The van der Waals surface area contributed by atoms with E-state index in [-0.39, 0.29) is 0 Å². The van der Waals surface area contributed by atoms with Crippen LogP contribution in [0, 0.1) is 12.8 Å². The Morgan fingerprint density at radius 2 is 1.74 bits per heavy atom. The lowest BCUT2D eigenvalue weighted by atomic mass is 9.87. The van der Waals surface area contributed by atoms with Gasteiger partial charge in [0.05, 0.1) is 5.69 Å². The molecule has 0 saturated carbocycles. The summed E-state index contributed by atoms with van der Waals surface area (Å²) >= 11 is 1.87. The monoisotopic (exact) mass is 524 g/mol. The number of aromatic amines is 1. The Hall–Kier alpha value is -3.95. The minimum Gasteiger partial charge on any atom is -0.354 e. The molecule has 1 aliphatic carbocycles. The number of aromatic nitrogens is 1. The highest BCUT2D eigenvalue weighted by atomic mass is 32.2. The molecule has 1 unspecified atom stereocenters. The van der Waals surface area contributed by atoms with Crippen LogP contribution in [0.15, 0.2) is 107 Å². The topological polar surface area (TPSA) is 19.0 Å². The van der Waals surface area contributed by atoms with Gasteiger partial charge in [-0.05, 0) is 90.4 Å². The molecule has 1 aromatic heterocycles. The summed E-state index contributed by atoms with van der Waals surface area (Å²) in [6.07, 6.45) is 8.05. The minimum absolute atomic E-state index is 0.593. The average molecular weight is 525 g/mol. The van der Waals surface area contributed by atoms with Crippen molar-refractivity contribution in [1.82, 2.24) is 4.98 Å². The summed E-state index contributed by atoms with van der Waals surface area (Å²) in [7, 11) is 0. The summed E-state index contributed by atoms with van der Waals surface area (Å²) in [6, 6.07) is 31.1. The normalized spacial score (nSPS) is 16.5. The summed E-state index contributed by atoms with van der Waals surface area (Å²) in [5.41, 5.74) is 12.9. The van der Waals surface area contributed by atoms with Gasteiger partial charge >= 0.3 is 0 Å². The van der Waals surface area contributed by atoms with E-state index in [1.54, 1.807) is 0 Å². The fraction of sp³-hybridized carbons (Fsp3) is 0.167. The number of hydrogen-bond acceptors (Lipinski definition) is 2. The zero-order chi connectivity index (χ0) is 26.5. The molecule has 1 aliphatic heterocycles. The fourth-order valence-corrected chi connectivity index (χ4v) is 7.28. The predicted octanol–water partition coefficient (Wildman–Crippen LogP) is 9.94. The summed E-state index contributed by atoms with van der Waals surface area (Å²) < 4.78 is 0. The number of allylic oxidation sites excluding steroid dienone is 2. The second kappa shape index (κ2) is 9.66. The van der Waals surface area contributed by atoms with Crippen LogP contribution in [-0.2, 0) is 13.0 Å². The quantitative estimate of drug-likeness (QED) is 0.253. The maximum absolute atomic E-state index is 3.80. The Balaban J connectivity index is 1.37. The molecule has 0 amide bonds. The van der Waals surface area contributed by atoms with Gasteiger partial charge in [0.15, 0.2) is 0 Å². The standard InChI is InChI=1S/C36H32N2S/c1-4-29(36-24(3)35-30-17-14-23(2)20-25(30)15-18-31(35)37-36)26-16-19-34-32(21-26)38(28-11-6-5-7-12-28)22-27-10-8-9-13-33(27)39-34/h4-19,21,23,37H,20,22H2,1-3H3/b29-4-. The third-order valence-corrected chi connectivity index (χ3v) is 9.37. The van der Waals surface area contributed by atoms with Crippen molar-refractivity contribution in [1.29, 1.82) is 0 Å². The summed E-state index contributed by atoms with van der Waals surface area (Å²) in [4.78, 5) is 8.88. The summed E-state index contributed by atoms with van der Waals surface area (Å²) in [5, 5.41) is 1.36. The number of aryl methyl sites for hydroxylation is 1. The maximum atomic E-state index is 3.80. The van der Waals surface area contributed by atoms with Crippen molar-refractivity contribution < 1.29 is 0 Å². The molecule has 0 saturated heterocycles. The molecule has 0 spiro atoms. The zero-order valence-electron chi connectivity index (χ0n) is 22.7. The second-order valence-electron chi connectivity index (χ2n) is 10.7.